The second kappa shape index (κ2) is 4.58. The van der Waals surface area contributed by atoms with Crippen molar-refractivity contribution in [1.82, 2.24) is 0 Å². The molecule has 0 heterocycles. The Hall–Kier alpha value is -0.470. The molecule has 1 aromatic rings. The van der Waals surface area contributed by atoms with E-state index in [1.807, 2.05) is 11.8 Å². The van der Waals surface area contributed by atoms with Crippen molar-refractivity contribution in [2.45, 2.75) is 24.7 Å². The predicted molar refractivity (Wildman–Crippen MR) is 66.4 cm³/mol. The Kier molecular flexibility index (Phi) is 3.37. The molecule has 0 radical (unpaired) electrons. The Morgan fingerprint density at radius 2 is 1.93 bits per heavy atom. The summed E-state index contributed by atoms with van der Waals surface area (Å²) < 4.78 is 5.10. The van der Waals surface area contributed by atoms with Crippen LogP contribution in [0, 0.1) is 5.92 Å². The second-order valence-electron chi connectivity index (χ2n) is 4.26. The van der Waals surface area contributed by atoms with Crippen LogP contribution in [0.4, 0.5) is 0 Å². The van der Waals surface area contributed by atoms with Crippen molar-refractivity contribution in [3.63, 3.8) is 0 Å². The van der Waals surface area contributed by atoms with Crippen molar-refractivity contribution in [3.05, 3.63) is 35.4 Å². The van der Waals surface area contributed by atoms with E-state index in [4.69, 9.17) is 4.74 Å². The maximum absolute atomic E-state index is 5.10. The van der Waals surface area contributed by atoms with Crippen molar-refractivity contribution in [2.24, 2.45) is 5.92 Å². The second-order valence-corrected chi connectivity index (χ2v) is 5.28. The minimum atomic E-state index is 0.715. The summed E-state index contributed by atoms with van der Waals surface area (Å²) >= 11 is 1.99. The average molecular weight is 222 g/mol. The van der Waals surface area contributed by atoms with E-state index in [9.17, 15) is 0 Å². The third kappa shape index (κ3) is 2.21. The molecule has 1 saturated carbocycles. The number of benzene rings is 1. The van der Waals surface area contributed by atoms with Gasteiger partial charge in [0.1, 0.15) is 0 Å². The van der Waals surface area contributed by atoms with Gasteiger partial charge in [-0.25, -0.2) is 0 Å². The molecule has 2 heteroatoms. The van der Waals surface area contributed by atoms with Crippen LogP contribution in [0.2, 0.25) is 0 Å². The topological polar surface area (TPSA) is 9.23 Å². The summed E-state index contributed by atoms with van der Waals surface area (Å²) in [5, 5.41) is 0.832. The summed E-state index contributed by atoms with van der Waals surface area (Å²) in [7, 11) is 1.74. The van der Waals surface area contributed by atoms with Gasteiger partial charge in [-0.15, -0.1) is 0 Å². The van der Waals surface area contributed by atoms with Gasteiger partial charge in [-0.2, -0.15) is 11.8 Å². The minimum Gasteiger partial charge on any atom is -0.380 e. The molecule has 0 bridgehead atoms. The van der Waals surface area contributed by atoms with Gasteiger partial charge in [0.2, 0.25) is 0 Å². The molecule has 0 saturated heterocycles. The maximum Gasteiger partial charge on any atom is 0.0713 e. The van der Waals surface area contributed by atoms with E-state index in [1.165, 1.54) is 11.1 Å². The predicted octanol–water partition coefficient (Wildman–Crippen LogP) is 3.30. The minimum absolute atomic E-state index is 0.715. The molecule has 1 aliphatic carbocycles. The summed E-state index contributed by atoms with van der Waals surface area (Å²) in [5.74, 6) is 1.62. The van der Waals surface area contributed by atoms with Crippen molar-refractivity contribution in [2.75, 3.05) is 13.4 Å². The van der Waals surface area contributed by atoms with Crippen molar-refractivity contribution >= 4 is 11.8 Å². The molecule has 3 atom stereocenters. The molecule has 0 aliphatic heterocycles. The molecule has 1 fully saturated rings. The van der Waals surface area contributed by atoms with Crippen LogP contribution < -0.4 is 0 Å². The summed E-state index contributed by atoms with van der Waals surface area (Å²) in [4.78, 5) is 0. The van der Waals surface area contributed by atoms with Crippen LogP contribution in [-0.2, 0) is 11.3 Å². The first-order valence-electron chi connectivity index (χ1n) is 5.38. The lowest BCUT2D eigenvalue weighted by Gasteiger charge is -2.02. The van der Waals surface area contributed by atoms with Crippen LogP contribution >= 0.6 is 11.8 Å². The monoisotopic (exact) mass is 222 g/mol. The van der Waals surface area contributed by atoms with Crippen LogP contribution in [0.15, 0.2) is 24.3 Å². The van der Waals surface area contributed by atoms with E-state index in [-0.39, 0.29) is 0 Å². The molecule has 1 nitrogen and oxygen atoms in total. The number of methoxy groups -OCH3 is 1. The molecular weight excluding hydrogens is 204 g/mol. The molecule has 0 N–H and O–H groups in total. The summed E-state index contributed by atoms with van der Waals surface area (Å²) in [6, 6.07) is 8.88. The molecule has 0 amide bonds. The van der Waals surface area contributed by atoms with Crippen LogP contribution in [-0.4, -0.2) is 18.6 Å². The van der Waals surface area contributed by atoms with Gasteiger partial charge in [0.25, 0.3) is 0 Å². The summed E-state index contributed by atoms with van der Waals surface area (Å²) in [6.45, 7) is 3.06. The standard InChI is InChI=1S/C13H18OS/c1-9-12(13(9)15-3)11-6-4-10(5-7-11)8-14-2/h4-7,9,12-13H,8H2,1-3H3. The van der Waals surface area contributed by atoms with E-state index in [2.05, 4.69) is 37.4 Å². The molecular formula is C13H18OS. The zero-order chi connectivity index (χ0) is 10.8. The Morgan fingerprint density at radius 3 is 2.40 bits per heavy atom. The van der Waals surface area contributed by atoms with E-state index in [1.54, 1.807) is 7.11 Å². The highest BCUT2D eigenvalue weighted by Gasteiger charge is 2.46. The van der Waals surface area contributed by atoms with Gasteiger partial charge in [-0.05, 0) is 29.2 Å². The van der Waals surface area contributed by atoms with Gasteiger partial charge in [-0.1, -0.05) is 31.2 Å². The summed E-state index contributed by atoms with van der Waals surface area (Å²) in [6.07, 6.45) is 2.21. The van der Waals surface area contributed by atoms with E-state index >= 15 is 0 Å². The quantitative estimate of drug-likeness (QED) is 0.773. The Morgan fingerprint density at radius 1 is 1.27 bits per heavy atom. The van der Waals surface area contributed by atoms with E-state index in [0.717, 1.165) is 17.1 Å². The van der Waals surface area contributed by atoms with Crippen molar-refractivity contribution in [3.8, 4) is 0 Å². The van der Waals surface area contributed by atoms with Gasteiger partial charge in [-0.3, -0.25) is 0 Å². The highest BCUT2D eigenvalue weighted by molar-refractivity contribution is 7.99. The Labute approximate surface area is 96.2 Å². The maximum atomic E-state index is 5.10. The molecule has 2 rings (SSSR count). The highest BCUT2D eigenvalue weighted by Crippen LogP contribution is 2.53. The molecule has 82 valence electrons. The lowest BCUT2D eigenvalue weighted by Crippen LogP contribution is -1.89. The molecule has 0 aromatic heterocycles. The van der Waals surface area contributed by atoms with Crippen molar-refractivity contribution < 1.29 is 4.74 Å². The third-order valence-electron chi connectivity index (χ3n) is 3.25. The lowest BCUT2D eigenvalue weighted by molar-refractivity contribution is 0.185. The first kappa shape index (κ1) is 11.0. The molecule has 1 aromatic carbocycles. The Balaban J connectivity index is 2.05. The van der Waals surface area contributed by atoms with Crippen molar-refractivity contribution in [1.29, 1.82) is 0 Å². The number of hydrogen-bond donors (Lipinski definition) is 0. The zero-order valence-corrected chi connectivity index (χ0v) is 10.4. The van der Waals surface area contributed by atoms with Crippen LogP contribution in [0.25, 0.3) is 0 Å². The fraction of sp³-hybridized carbons (Fsp3) is 0.538. The largest absolute Gasteiger partial charge is 0.380 e. The Bertz CT molecular complexity index is 320. The van der Waals surface area contributed by atoms with Gasteiger partial charge in [0.05, 0.1) is 6.61 Å². The average Bonchev–Trinajstić information content (AvgIpc) is 2.91. The number of rotatable bonds is 4. The molecule has 15 heavy (non-hydrogen) atoms. The van der Waals surface area contributed by atoms with Gasteiger partial charge < -0.3 is 4.74 Å². The molecule has 0 spiro atoms. The smallest absolute Gasteiger partial charge is 0.0713 e. The van der Waals surface area contributed by atoms with Gasteiger partial charge in [0, 0.05) is 12.4 Å². The van der Waals surface area contributed by atoms with E-state index < -0.39 is 0 Å². The number of ether oxygens (including phenoxy) is 1. The zero-order valence-electron chi connectivity index (χ0n) is 9.57. The van der Waals surface area contributed by atoms with Gasteiger partial charge >= 0.3 is 0 Å². The molecule has 3 unspecified atom stereocenters. The molecule has 1 aliphatic rings. The fourth-order valence-corrected chi connectivity index (χ4v) is 3.49. The van der Waals surface area contributed by atoms with E-state index in [0.29, 0.717) is 6.61 Å². The van der Waals surface area contributed by atoms with Crippen LogP contribution in [0.1, 0.15) is 24.0 Å². The van der Waals surface area contributed by atoms with Gasteiger partial charge in [0.15, 0.2) is 0 Å². The first-order valence-corrected chi connectivity index (χ1v) is 6.67. The third-order valence-corrected chi connectivity index (χ3v) is 4.51. The van der Waals surface area contributed by atoms with Crippen LogP contribution in [0.3, 0.4) is 0 Å². The lowest BCUT2D eigenvalue weighted by atomic mass is 10.1. The number of hydrogen-bond acceptors (Lipinski definition) is 2. The first-order chi connectivity index (χ1) is 7.27. The summed E-state index contributed by atoms with van der Waals surface area (Å²) in [5.41, 5.74) is 2.75. The SMILES string of the molecule is COCc1ccc(C2C(C)C2SC)cc1. The highest BCUT2D eigenvalue weighted by atomic mass is 32.2. The van der Waals surface area contributed by atoms with Crippen LogP contribution in [0.5, 0.6) is 0 Å². The fourth-order valence-electron chi connectivity index (χ4n) is 2.28. The normalized spacial score (nSPS) is 29.1. The number of thioether (sulfide) groups is 1.